The number of rotatable bonds is 21. The molecule has 272 valence electrons. The van der Waals surface area contributed by atoms with E-state index in [4.69, 9.17) is 4.74 Å². The summed E-state index contributed by atoms with van der Waals surface area (Å²) in [6.45, 7) is 2.00. The van der Waals surface area contributed by atoms with Crippen molar-refractivity contribution in [1.29, 1.82) is 0 Å². The van der Waals surface area contributed by atoms with E-state index in [2.05, 4.69) is 35.5 Å². The summed E-state index contributed by atoms with van der Waals surface area (Å²) in [5.41, 5.74) is 0.707. The van der Waals surface area contributed by atoms with Crippen molar-refractivity contribution in [2.24, 2.45) is 5.92 Å². The quantitative estimate of drug-likeness (QED) is 0.104. The van der Waals surface area contributed by atoms with E-state index < -0.39 is 91.2 Å². The van der Waals surface area contributed by atoms with Crippen LogP contribution < -0.4 is 21.3 Å². The lowest BCUT2D eigenvalue weighted by molar-refractivity contribution is -0.144. The van der Waals surface area contributed by atoms with Gasteiger partial charge >= 0.3 is 24.0 Å². The van der Waals surface area contributed by atoms with Gasteiger partial charge in [-0.3, -0.25) is 33.6 Å². The van der Waals surface area contributed by atoms with Crippen molar-refractivity contribution in [3.63, 3.8) is 0 Å². The molecule has 0 saturated carbocycles. The summed E-state index contributed by atoms with van der Waals surface area (Å²) in [6, 6.07) is 2.94. The summed E-state index contributed by atoms with van der Waals surface area (Å²) in [5.74, 6) is -6.52. The molecular weight excluding hydrogens is 651 g/mol. The van der Waals surface area contributed by atoms with Gasteiger partial charge in [0, 0.05) is 12.8 Å². The Morgan fingerprint density at radius 2 is 1.12 bits per heavy atom. The third-order valence-electron chi connectivity index (χ3n) is 6.96. The molecule has 0 aliphatic rings. The van der Waals surface area contributed by atoms with E-state index in [-0.39, 0.29) is 38.2 Å². The molecule has 4 amide bonds. The van der Waals surface area contributed by atoms with Gasteiger partial charge in [-0.25, -0.2) is 9.18 Å². The molecule has 4 atom stereocenters. The highest BCUT2D eigenvalue weighted by molar-refractivity contribution is 5.97. The van der Waals surface area contributed by atoms with Crippen LogP contribution in [-0.2, 0) is 59.1 Å². The number of halogens is 1. The normalized spacial score (nSPS) is 13.0. The van der Waals surface area contributed by atoms with Crippen molar-refractivity contribution in [2.75, 3.05) is 28.0 Å². The monoisotopic (exact) mass is 696 g/mol. The molecule has 0 fully saturated rings. The molecule has 0 heterocycles. The predicted molar refractivity (Wildman–Crippen MR) is 169 cm³/mol. The van der Waals surface area contributed by atoms with Crippen molar-refractivity contribution >= 4 is 47.5 Å². The summed E-state index contributed by atoms with van der Waals surface area (Å²) in [5, 5.41) is 9.53. The Kier molecular flexibility index (Phi) is 19.2. The first kappa shape index (κ1) is 41.9. The Labute approximate surface area is 283 Å². The number of Topliss-reactive ketones (excluding diaryl/α,β-unsaturated/α-hetero) is 1. The number of hydrogen-bond donors (Lipinski definition) is 4. The van der Waals surface area contributed by atoms with Crippen molar-refractivity contribution in [3.8, 4) is 0 Å². The second kappa shape index (κ2) is 22.5. The number of carbonyl (C=O) groups excluding carboxylic acids is 8. The lowest BCUT2D eigenvalue weighted by Crippen LogP contribution is -2.58. The number of benzene rings is 1. The number of hydrogen-bond acceptors (Lipinski definition) is 12. The average molecular weight is 697 g/mol. The first-order valence-corrected chi connectivity index (χ1v) is 15.4. The molecule has 16 nitrogen and oxygen atoms in total. The van der Waals surface area contributed by atoms with Crippen LogP contribution in [0.25, 0.3) is 0 Å². The van der Waals surface area contributed by atoms with Crippen LogP contribution in [0, 0.1) is 5.92 Å². The topological polar surface area (TPSA) is 222 Å². The maximum absolute atomic E-state index is 13.5. The number of ether oxygens (including phenoxy) is 4. The summed E-state index contributed by atoms with van der Waals surface area (Å²) in [4.78, 5) is 100. The third kappa shape index (κ3) is 16.5. The van der Waals surface area contributed by atoms with Crippen LogP contribution in [0.1, 0.15) is 57.9 Å². The molecule has 1 rings (SSSR count). The number of nitrogens with one attached hydrogen (secondary N) is 4. The molecule has 1 aromatic rings. The molecule has 0 aliphatic carbocycles. The maximum Gasteiger partial charge on any atom is 0.408 e. The molecule has 0 aromatic heterocycles. The molecule has 0 aliphatic heterocycles. The molecule has 17 heteroatoms. The van der Waals surface area contributed by atoms with Crippen LogP contribution in [0.3, 0.4) is 0 Å². The zero-order valence-electron chi connectivity index (χ0n) is 28.2. The van der Waals surface area contributed by atoms with E-state index in [9.17, 15) is 42.7 Å². The van der Waals surface area contributed by atoms with Crippen molar-refractivity contribution in [2.45, 2.75) is 83.1 Å². The van der Waals surface area contributed by atoms with Gasteiger partial charge in [-0.15, -0.1) is 0 Å². The average Bonchev–Trinajstić information content (AvgIpc) is 3.09. The van der Waals surface area contributed by atoms with E-state index in [1.54, 1.807) is 44.2 Å². The fraction of sp³-hybridized carbons (Fsp3) is 0.562. The second-order valence-electron chi connectivity index (χ2n) is 11.2. The molecule has 4 N–H and O–H groups in total. The maximum atomic E-state index is 13.5. The first-order valence-electron chi connectivity index (χ1n) is 15.4. The summed E-state index contributed by atoms with van der Waals surface area (Å²) in [7, 11) is 3.24. The summed E-state index contributed by atoms with van der Waals surface area (Å²) < 4.78 is 32.2. The van der Waals surface area contributed by atoms with Crippen molar-refractivity contribution in [3.05, 3.63) is 35.9 Å². The molecule has 0 radical (unpaired) electrons. The van der Waals surface area contributed by atoms with E-state index >= 15 is 0 Å². The van der Waals surface area contributed by atoms with E-state index in [0.717, 1.165) is 21.3 Å². The van der Waals surface area contributed by atoms with E-state index in [1.807, 2.05) is 0 Å². The van der Waals surface area contributed by atoms with Crippen LogP contribution in [0.5, 0.6) is 0 Å². The lowest BCUT2D eigenvalue weighted by Gasteiger charge is -2.26. The molecule has 0 saturated heterocycles. The van der Waals surface area contributed by atoms with Gasteiger partial charge in [-0.2, -0.15) is 0 Å². The molecule has 49 heavy (non-hydrogen) atoms. The van der Waals surface area contributed by atoms with Gasteiger partial charge < -0.3 is 40.2 Å². The third-order valence-corrected chi connectivity index (χ3v) is 6.96. The van der Waals surface area contributed by atoms with Crippen molar-refractivity contribution < 1.29 is 61.7 Å². The van der Waals surface area contributed by atoms with Gasteiger partial charge in [0.25, 0.3) is 0 Å². The van der Waals surface area contributed by atoms with Gasteiger partial charge in [-0.1, -0.05) is 44.2 Å². The number of methoxy groups -OCH3 is 3. The standard InChI is InChI=1S/C32H45FN4O12/c1-19(2)15-24(37-32(45)49-18-20-9-7-6-8-10-20)31(44)35-21(11-13-26(39)46-3)29(42)34-22(12-14-27(40)47-4)30(43)36-23(25(38)17-33)16-28(41)48-5/h6-10,19,21-24H,11-18H2,1-5H3,(H,34,42)(H,35,44)(H,36,43)(H,37,45)/t21-,22-,23-,24-/m0/s1. The number of carbonyl (C=O) groups is 8. The second-order valence-corrected chi connectivity index (χ2v) is 11.2. The largest absolute Gasteiger partial charge is 0.469 e. The van der Waals surface area contributed by atoms with E-state index in [0.29, 0.717) is 5.56 Å². The number of alkyl carbamates (subject to hydrolysis) is 1. The predicted octanol–water partition coefficient (Wildman–Crippen LogP) is 0.790. The molecule has 0 unspecified atom stereocenters. The highest BCUT2D eigenvalue weighted by Crippen LogP contribution is 2.10. The van der Waals surface area contributed by atoms with Crippen LogP contribution in [0.15, 0.2) is 30.3 Å². The van der Waals surface area contributed by atoms with Crippen LogP contribution in [0.2, 0.25) is 0 Å². The van der Waals surface area contributed by atoms with E-state index in [1.165, 1.54) is 0 Å². The number of alkyl halides is 1. The van der Waals surface area contributed by atoms with Crippen LogP contribution >= 0.6 is 0 Å². The Morgan fingerprint density at radius 1 is 0.653 bits per heavy atom. The van der Waals surface area contributed by atoms with Gasteiger partial charge in [0.1, 0.15) is 37.4 Å². The van der Waals surface area contributed by atoms with Crippen LogP contribution in [-0.4, -0.2) is 99.7 Å². The number of ketones is 1. The minimum absolute atomic E-state index is 0.0701. The Hall–Kier alpha value is -5.09. The van der Waals surface area contributed by atoms with Gasteiger partial charge in [-0.05, 0) is 30.7 Å². The highest BCUT2D eigenvalue weighted by atomic mass is 19.1. The smallest absolute Gasteiger partial charge is 0.408 e. The highest BCUT2D eigenvalue weighted by Gasteiger charge is 2.33. The van der Waals surface area contributed by atoms with Crippen LogP contribution in [0.4, 0.5) is 9.18 Å². The molecule has 0 spiro atoms. The zero-order valence-corrected chi connectivity index (χ0v) is 28.2. The van der Waals surface area contributed by atoms with Gasteiger partial charge in [0.2, 0.25) is 17.7 Å². The minimum atomic E-state index is -1.65. The Bertz CT molecular complexity index is 1290. The van der Waals surface area contributed by atoms with Gasteiger partial charge in [0.05, 0.1) is 27.8 Å². The minimum Gasteiger partial charge on any atom is -0.469 e. The first-order chi connectivity index (χ1) is 23.2. The molecular formula is C32H45FN4O12. The Morgan fingerprint density at radius 3 is 1.57 bits per heavy atom. The SMILES string of the molecule is COC(=O)CC[C@H](NC(=O)[C@H](CCC(=O)OC)NC(=O)[C@H](CC(C)C)NC(=O)OCc1ccccc1)C(=O)N[C@@H](CC(=O)OC)C(=O)CF. The lowest BCUT2D eigenvalue weighted by atomic mass is 10.0. The fourth-order valence-corrected chi connectivity index (χ4v) is 4.28. The summed E-state index contributed by atoms with van der Waals surface area (Å²) in [6.07, 6.45) is -2.90. The summed E-state index contributed by atoms with van der Waals surface area (Å²) >= 11 is 0. The Balaban J connectivity index is 3.23. The van der Waals surface area contributed by atoms with Crippen molar-refractivity contribution in [1.82, 2.24) is 21.3 Å². The zero-order chi connectivity index (χ0) is 36.9. The fourth-order valence-electron chi connectivity index (χ4n) is 4.28. The number of esters is 3. The molecule has 0 bridgehead atoms. The number of amides is 4. The van der Waals surface area contributed by atoms with Gasteiger partial charge in [0.15, 0.2) is 5.78 Å². The molecule has 1 aromatic carbocycles.